The molecule has 2 aliphatic heterocycles. The molecule has 0 saturated carbocycles. The number of ether oxygens (including phenoxy) is 1. The molecule has 0 spiro atoms. The van der Waals surface area contributed by atoms with E-state index in [1.54, 1.807) is 12.3 Å². The number of aromatic nitrogens is 1. The van der Waals surface area contributed by atoms with Crippen LogP contribution in [0.15, 0.2) is 36.5 Å². The summed E-state index contributed by atoms with van der Waals surface area (Å²) >= 11 is 0. The van der Waals surface area contributed by atoms with Crippen LogP contribution < -0.4 is 10.4 Å². The van der Waals surface area contributed by atoms with Crippen molar-refractivity contribution in [3.63, 3.8) is 0 Å². The second kappa shape index (κ2) is 6.91. The van der Waals surface area contributed by atoms with E-state index in [1.165, 1.54) is 16.6 Å². The monoisotopic (exact) mass is 375 g/mol. The van der Waals surface area contributed by atoms with Crippen LogP contribution in [0.5, 0.6) is 0 Å². The van der Waals surface area contributed by atoms with E-state index in [4.69, 9.17) is 14.7 Å². The molecule has 0 atom stereocenters. The van der Waals surface area contributed by atoms with Crippen molar-refractivity contribution in [2.45, 2.75) is 51.9 Å². The van der Waals surface area contributed by atoms with Gasteiger partial charge in [-0.15, -0.1) is 0 Å². The molecule has 0 aliphatic carbocycles. The van der Waals surface area contributed by atoms with E-state index in [1.807, 2.05) is 6.07 Å². The second-order valence-electron chi connectivity index (χ2n) is 8.65. The molecule has 0 unspecified atom stereocenters. The Morgan fingerprint density at radius 2 is 1.93 bits per heavy atom. The SMILES string of the molecule is CC1(C)OCB(c2ccc3c(c2)CN(c2ccc(C#N)nc2)CC3)OC1(C)C. The predicted octanol–water partition coefficient (Wildman–Crippen LogP) is 2.86. The lowest BCUT2D eigenvalue weighted by Gasteiger charge is -2.47. The summed E-state index contributed by atoms with van der Waals surface area (Å²) in [6.45, 7) is 10.6. The molecule has 2 aliphatic rings. The van der Waals surface area contributed by atoms with Crippen molar-refractivity contribution in [3.8, 4) is 6.07 Å². The Kier molecular flexibility index (Phi) is 4.69. The Labute approximate surface area is 167 Å². The molecule has 2 aromatic rings. The van der Waals surface area contributed by atoms with Gasteiger partial charge in [-0.2, -0.15) is 5.26 Å². The van der Waals surface area contributed by atoms with Crippen molar-refractivity contribution in [1.82, 2.24) is 4.98 Å². The third-order valence-electron chi connectivity index (χ3n) is 6.32. The van der Waals surface area contributed by atoms with Crippen molar-refractivity contribution in [2.24, 2.45) is 0 Å². The van der Waals surface area contributed by atoms with E-state index in [9.17, 15) is 0 Å². The van der Waals surface area contributed by atoms with Crippen LogP contribution in [0.3, 0.4) is 0 Å². The lowest BCUT2D eigenvalue weighted by molar-refractivity contribution is -0.152. The molecule has 6 heteroatoms. The minimum Gasteiger partial charge on any atom is -0.421 e. The van der Waals surface area contributed by atoms with Crippen LogP contribution >= 0.6 is 0 Å². The molecule has 1 saturated heterocycles. The van der Waals surface area contributed by atoms with Crippen LogP contribution in [0.1, 0.15) is 44.5 Å². The summed E-state index contributed by atoms with van der Waals surface area (Å²) in [4.78, 5) is 6.52. The van der Waals surface area contributed by atoms with Crippen LogP contribution in [0.2, 0.25) is 0 Å². The summed E-state index contributed by atoms with van der Waals surface area (Å²) in [6.07, 6.45) is 2.78. The maximum Gasteiger partial charge on any atom is 0.354 e. The zero-order chi connectivity index (χ0) is 19.9. The first-order valence-electron chi connectivity index (χ1n) is 9.84. The Bertz CT molecular complexity index is 918. The smallest absolute Gasteiger partial charge is 0.354 e. The van der Waals surface area contributed by atoms with Crippen LogP contribution in [0.4, 0.5) is 5.69 Å². The number of rotatable bonds is 2. The average Bonchev–Trinajstić information content (AvgIpc) is 2.69. The van der Waals surface area contributed by atoms with Crippen LogP contribution in [-0.2, 0) is 22.4 Å². The molecule has 144 valence electrons. The molecule has 5 nitrogen and oxygen atoms in total. The number of pyridine rings is 1. The number of hydrogen-bond donors (Lipinski definition) is 0. The highest BCUT2D eigenvalue weighted by Gasteiger charge is 2.46. The van der Waals surface area contributed by atoms with Gasteiger partial charge in [0.15, 0.2) is 0 Å². The quantitative estimate of drug-likeness (QED) is 0.756. The molecule has 0 N–H and O–H groups in total. The van der Waals surface area contributed by atoms with Crippen molar-refractivity contribution >= 4 is 18.1 Å². The highest BCUT2D eigenvalue weighted by Crippen LogP contribution is 2.33. The molecule has 28 heavy (non-hydrogen) atoms. The lowest BCUT2D eigenvalue weighted by Crippen LogP contribution is -2.61. The largest absolute Gasteiger partial charge is 0.421 e. The number of nitrogens with zero attached hydrogens (tertiary/aromatic N) is 3. The Morgan fingerprint density at radius 1 is 1.11 bits per heavy atom. The van der Waals surface area contributed by atoms with Gasteiger partial charge < -0.3 is 14.3 Å². The molecule has 3 heterocycles. The Hall–Kier alpha value is -2.36. The van der Waals surface area contributed by atoms with E-state index < -0.39 is 0 Å². The maximum absolute atomic E-state index is 8.94. The van der Waals surface area contributed by atoms with Crippen LogP contribution in [-0.4, -0.2) is 36.2 Å². The van der Waals surface area contributed by atoms with E-state index in [-0.39, 0.29) is 18.1 Å². The summed E-state index contributed by atoms with van der Waals surface area (Å²) in [7, 11) is 0. The molecular formula is C22H26BN3O2. The third-order valence-corrected chi connectivity index (χ3v) is 6.32. The number of anilines is 1. The van der Waals surface area contributed by atoms with Crippen molar-refractivity contribution in [2.75, 3.05) is 18.0 Å². The van der Waals surface area contributed by atoms with Crippen LogP contribution in [0.25, 0.3) is 0 Å². The van der Waals surface area contributed by atoms with Gasteiger partial charge in [-0.05, 0) is 62.8 Å². The maximum atomic E-state index is 8.94. The first kappa shape index (κ1) is 19.0. The fourth-order valence-electron chi connectivity index (χ4n) is 3.79. The highest BCUT2D eigenvalue weighted by atomic mass is 16.6. The fraction of sp³-hybridized carbons (Fsp3) is 0.455. The van der Waals surface area contributed by atoms with Crippen molar-refractivity contribution in [1.29, 1.82) is 5.26 Å². The zero-order valence-electron chi connectivity index (χ0n) is 17.0. The van der Waals surface area contributed by atoms with Gasteiger partial charge in [-0.1, -0.05) is 18.2 Å². The molecule has 4 rings (SSSR count). The van der Waals surface area contributed by atoms with E-state index in [0.29, 0.717) is 12.2 Å². The Balaban J connectivity index is 1.55. The summed E-state index contributed by atoms with van der Waals surface area (Å²) in [5.74, 6) is 0. The fourth-order valence-corrected chi connectivity index (χ4v) is 3.79. The number of nitriles is 1. The molecule has 1 fully saturated rings. The number of benzene rings is 1. The van der Waals surface area contributed by atoms with Crippen molar-refractivity contribution < 1.29 is 9.39 Å². The van der Waals surface area contributed by atoms with Crippen LogP contribution in [0, 0.1) is 11.3 Å². The first-order chi connectivity index (χ1) is 13.3. The third kappa shape index (κ3) is 3.41. The topological polar surface area (TPSA) is 58.4 Å². The summed E-state index contributed by atoms with van der Waals surface area (Å²) < 4.78 is 12.6. The van der Waals surface area contributed by atoms with Gasteiger partial charge in [0, 0.05) is 13.1 Å². The van der Waals surface area contributed by atoms with Gasteiger partial charge >= 0.3 is 6.92 Å². The summed E-state index contributed by atoms with van der Waals surface area (Å²) in [5, 5.41) is 8.94. The van der Waals surface area contributed by atoms with Gasteiger partial charge in [0.05, 0.1) is 29.6 Å². The van der Waals surface area contributed by atoms with Gasteiger partial charge in [-0.25, -0.2) is 4.98 Å². The minimum absolute atomic E-state index is 0.0553. The van der Waals surface area contributed by atoms with Gasteiger partial charge in [0.2, 0.25) is 0 Å². The molecule has 1 aromatic carbocycles. The minimum atomic E-state index is -0.355. The second-order valence-corrected chi connectivity index (χ2v) is 8.65. The van der Waals surface area contributed by atoms with E-state index in [2.05, 4.69) is 61.8 Å². The Morgan fingerprint density at radius 3 is 2.61 bits per heavy atom. The standard InChI is InChI=1S/C22H26BN3O2/c1-21(2)22(3,4)28-23(15-27-21)18-6-5-16-9-10-26(14-17(16)11-18)20-8-7-19(12-24)25-13-20/h5-8,11,13H,9-10,14-15H2,1-4H3. The molecular weight excluding hydrogens is 349 g/mol. The normalized spacial score (nSPS) is 20.4. The first-order valence-corrected chi connectivity index (χ1v) is 9.84. The number of hydrogen-bond acceptors (Lipinski definition) is 5. The zero-order valence-corrected chi connectivity index (χ0v) is 17.0. The van der Waals surface area contributed by atoms with Gasteiger partial charge in [0.25, 0.3) is 0 Å². The number of fused-ring (bicyclic) bond motifs is 1. The molecule has 0 bridgehead atoms. The average molecular weight is 375 g/mol. The highest BCUT2D eigenvalue weighted by molar-refractivity contribution is 6.67. The lowest BCUT2D eigenvalue weighted by atomic mass is 9.59. The van der Waals surface area contributed by atoms with Crippen molar-refractivity contribution in [3.05, 3.63) is 53.3 Å². The molecule has 0 amide bonds. The van der Waals surface area contributed by atoms with Gasteiger partial charge in [-0.3, -0.25) is 0 Å². The summed E-state index contributed by atoms with van der Waals surface area (Å²) in [6, 6.07) is 12.5. The van der Waals surface area contributed by atoms with E-state index >= 15 is 0 Å². The molecule has 1 aromatic heterocycles. The predicted molar refractivity (Wildman–Crippen MR) is 111 cm³/mol. The van der Waals surface area contributed by atoms with Gasteiger partial charge in [0.1, 0.15) is 11.8 Å². The molecule has 0 radical (unpaired) electrons. The summed E-state index contributed by atoms with van der Waals surface area (Å²) in [5.41, 5.74) is 4.71. The van der Waals surface area contributed by atoms with E-state index in [0.717, 1.165) is 25.2 Å².